The predicted octanol–water partition coefficient (Wildman–Crippen LogP) is 3.81. The van der Waals surface area contributed by atoms with Gasteiger partial charge in [-0.25, -0.2) is 0 Å². The number of pyridine rings is 1. The first-order chi connectivity index (χ1) is 14.1. The number of fused-ring (bicyclic) bond motifs is 3. The Morgan fingerprint density at radius 2 is 1.86 bits per heavy atom. The zero-order chi connectivity index (χ0) is 20.0. The molecule has 3 aromatic rings. The molecule has 150 valence electrons. The fourth-order valence-corrected chi connectivity index (χ4v) is 4.89. The van der Waals surface area contributed by atoms with Crippen LogP contribution in [-0.4, -0.2) is 44.0 Å². The maximum atomic E-state index is 10.4. The fraction of sp³-hybridized carbons (Fsp3) is 0.381. The zero-order valence-corrected chi connectivity index (χ0v) is 17.3. The Morgan fingerprint density at radius 3 is 2.66 bits per heavy atom. The van der Waals surface area contributed by atoms with Crippen LogP contribution in [0.25, 0.3) is 5.69 Å². The van der Waals surface area contributed by atoms with Gasteiger partial charge in [0.25, 0.3) is 0 Å². The van der Waals surface area contributed by atoms with Gasteiger partial charge in [-0.05, 0) is 48.7 Å². The van der Waals surface area contributed by atoms with Crippen LogP contribution in [0.15, 0.2) is 36.5 Å². The van der Waals surface area contributed by atoms with Gasteiger partial charge in [-0.2, -0.15) is 0 Å². The van der Waals surface area contributed by atoms with Gasteiger partial charge in [-0.15, -0.1) is 10.2 Å². The molecule has 1 saturated heterocycles. The Hall–Kier alpha value is -2.15. The third-order valence-corrected chi connectivity index (χ3v) is 6.38. The molecule has 2 aliphatic rings. The average molecular weight is 430 g/mol. The summed E-state index contributed by atoms with van der Waals surface area (Å²) in [7, 11) is 0. The summed E-state index contributed by atoms with van der Waals surface area (Å²) < 4.78 is 2.08. The molecule has 1 unspecified atom stereocenters. The van der Waals surface area contributed by atoms with E-state index in [0.29, 0.717) is 23.8 Å². The summed E-state index contributed by atoms with van der Waals surface area (Å²) in [5.41, 5.74) is 2.99. The van der Waals surface area contributed by atoms with Crippen LogP contribution in [0.3, 0.4) is 0 Å². The number of aromatic nitrogens is 4. The molecule has 4 heterocycles. The number of halogens is 2. The van der Waals surface area contributed by atoms with Crippen molar-refractivity contribution in [1.82, 2.24) is 19.7 Å². The Morgan fingerprint density at radius 1 is 1.03 bits per heavy atom. The van der Waals surface area contributed by atoms with Crippen molar-refractivity contribution in [3.05, 3.63) is 63.7 Å². The maximum Gasteiger partial charge on any atom is 0.231 e. The minimum absolute atomic E-state index is 0.347. The van der Waals surface area contributed by atoms with Crippen molar-refractivity contribution in [3.8, 4) is 5.69 Å². The van der Waals surface area contributed by atoms with Crippen LogP contribution in [0.1, 0.15) is 35.8 Å². The smallest absolute Gasteiger partial charge is 0.231 e. The summed E-state index contributed by atoms with van der Waals surface area (Å²) >= 11 is 12.6. The molecule has 1 aromatic carbocycles. The van der Waals surface area contributed by atoms with E-state index in [1.54, 1.807) is 6.20 Å². The molecule has 6 nitrogen and oxygen atoms in total. The highest BCUT2D eigenvalue weighted by Crippen LogP contribution is 2.35. The van der Waals surface area contributed by atoms with Crippen LogP contribution < -0.4 is 4.90 Å². The number of rotatable bonds is 2. The van der Waals surface area contributed by atoms with Crippen molar-refractivity contribution in [2.45, 2.75) is 37.7 Å². The van der Waals surface area contributed by atoms with Gasteiger partial charge in [0.15, 0.2) is 0 Å². The summed E-state index contributed by atoms with van der Waals surface area (Å²) in [6, 6.07) is 9.56. The number of anilines is 1. The lowest BCUT2D eigenvalue weighted by Gasteiger charge is -2.32. The van der Waals surface area contributed by atoms with Crippen LogP contribution in [0, 0.1) is 0 Å². The summed E-state index contributed by atoms with van der Waals surface area (Å²) in [6.07, 6.45) is 4.24. The molecule has 1 fully saturated rings. The number of aliphatic hydroxyl groups is 1. The summed E-state index contributed by atoms with van der Waals surface area (Å²) in [5, 5.41) is 20.7. The van der Waals surface area contributed by atoms with E-state index in [2.05, 4.69) is 24.6 Å². The van der Waals surface area contributed by atoms with E-state index in [1.807, 2.05) is 30.3 Å². The van der Waals surface area contributed by atoms with Gasteiger partial charge < -0.3 is 10.0 Å². The third-order valence-electron chi connectivity index (χ3n) is 5.82. The van der Waals surface area contributed by atoms with Crippen LogP contribution in [-0.2, 0) is 12.8 Å². The van der Waals surface area contributed by atoms with Gasteiger partial charge in [0.1, 0.15) is 5.82 Å². The van der Waals surface area contributed by atoms with Gasteiger partial charge in [-0.1, -0.05) is 23.2 Å². The molecule has 5 rings (SSSR count). The molecule has 0 saturated carbocycles. The van der Waals surface area contributed by atoms with Crippen LogP contribution in [0.2, 0.25) is 10.0 Å². The molecular weight excluding hydrogens is 409 g/mol. The molecule has 0 aliphatic carbocycles. The predicted molar refractivity (Wildman–Crippen MR) is 113 cm³/mol. The number of hydrogen-bond acceptors (Lipinski definition) is 5. The van der Waals surface area contributed by atoms with Crippen molar-refractivity contribution in [3.63, 3.8) is 0 Å². The van der Waals surface area contributed by atoms with Crippen LogP contribution in [0.5, 0.6) is 0 Å². The second-order valence-corrected chi connectivity index (χ2v) is 8.56. The van der Waals surface area contributed by atoms with E-state index in [4.69, 9.17) is 23.2 Å². The molecule has 8 heteroatoms. The lowest BCUT2D eigenvalue weighted by molar-refractivity contribution is 0.174. The Kier molecular flexibility index (Phi) is 4.94. The van der Waals surface area contributed by atoms with Gasteiger partial charge >= 0.3 is 0 Å². The molecule has 29 heavy (non-hydrogen) atoms. The minimum Gasteiger partial charge on any atom is -0.392 e. The Labute approximate surface area is 179 Å². The molecule has 0 radical (unpaired) electrons. The average Bonchev–Trinajstić information content (AvgIpc) is 3.06. The largest absolute Gasteiger partial charge is 0.392 e. The monoisotopic (exact) mass is 429 g/mol. The standard InChI is InChI=1S/C21H21Cl2N5O/c22-15-3-4-18-14(10-15)11-16(29)12-19-25-26-21(28(18)19)27-8-5-13(6-9-27)20-17(23)2-1-7-24-20/h1-4,7,10,13,16,29H,5-6,8-9,11-12H2. The van der Waals surface area contributed by atoms with Crippen molar-refractivity contribution in [2.24, 2.45) is 0 Å². The highest BCUT2D eigenvalue weighted by Gasteiger charge is 2.30. The van der Waals surface area contributed by atoms with E-state index in [9.17, 15) is 5.11 Å². The quantitative estimate of drug-likeness (QED) is 0.670. The second kappa shape index (κ2) is 7.59. The number of nitrogens with zero attached hydrogens (tertiary/aromatic N) is 5. The SMILES string of the molecule is OC1Cc2cc(Cl)ccc2-n2c(nnc2N2CCC(c3ncccc3Cl)CC2)C1. The second-order valence-electron chi connectivity index (χ2n) is 7.72. The lowest BCUT2D eigenvalue weighted by atomic mass is 9.93. The van der Waals surface area contributed by atoms with E-state index >= 15 is 0 Å². The molecule has 1 atom stereocenters. The number of benzene rings is 1. The first kappa shape index (κ1) is 18.9. The highest BCUT2D eigenvalue weighted by molar-refractivity contribution is 6.31. The van der Waals surface area contributed by atoms with Crippen molar-refractivity contribution >= 4 is 29.2 Å². The van der Waals surface area contributed by atoms with Gasteiger partial charge in [0, 0.05) is 43.1 Å². The van der Waals surface area contributed by atoms with E-state index < -0.39 is 6.10 Å². The lowest BCUT2D eigenvalue weighted by Crippen LogP contribution is -2.35. The molecule has 2 aliphatic heterocycles. The first-order valence-corrected chi connectivity index (χ1v) is 10.6. The molecule has 0 spiro atoms. The third kappa shape index (κ3) is 3.50. The summed E-state index contributed by atoms with van der Waals surface area (Å²) in [4.78, 5) is 6.76. The Balaban J connectivity index is 1.45. The molecular formula is C21H21Cl2N5O. The van der Waals surface area contributed by atoms with E-state index in [-0.39, 0.29) is 0 Å². The van der Waals surface area contributed by atoms with Crippen LogP contribution >= 0.6 is 23.2 Å². The highest BCUT2D eigenvalue weighted by atomic mass is 35.5. The fourth-order valence-electron chi connectivity index (χ4n) is 4.41. The number of aliphatic hydroxyl groups excluding tert-OH is 1. The van der Waals surface area contributed by atoms with Crippen molar-refractivity contribution in [1.29, 1.82) is 0 Å². The van der Waals surface area contributed by atoms with E-state index in [1.165, 1.54) is 0 Å². The first-order valence-electron chi connectivity index (χ1n) is 9.86. The summed E-state index contributed by atoms with van der Waals surface area (Å²) in [6.45, 7) is 1.70. The van der Waals surface area contributed by atoms with Crippen LogP contribution in [0.4, 0.5) is 5.95 Å². The molecule has 0 amide bonds. The summed E-state index contributed by atoms with van der Waals surface area (Å²) in [5.74, 6) is 1.95. The zero-order valence-electron chi connectivity index (χ0n) is 15.8. The van der Waals surface area contributed by atoms with E-state index in [0.717, 1.165) is 59.7 Å². The molecule has 2 aromatic heterocycles. The molecule has 0 bridgehead atoms. The topological polar surface area (TPSA) is 67.1 Å². The van der Waals surface area contributed by atoms with Gasteiger partial charge in [-0.3, -0.25) is 9.55 Å². The normalized spacial score (nSPS) is 19.6. The van der Waals surface area contributed by atoms with Crippen molar-refractivity contribution in [2.75, 3.05) is 18.0 Å². The Bertz CT molecular complexity index is 1050. The number of hydrogen-bond donors (Lipinski definition) is 1. The number of piperidine rings is 1. The minimum atomic E-state index is -0.498. The maximum absolute atomic E-state index is 10.4. The van der Waals surface area contributed by atoms with Gasteiger partial charge in [0.05, 0.1) is 22.5 Å². The van der Waals surface area contributed by atoms with Crippen molar-refractivity contribution < 1.29 is 5.11 Å². The molecule has 1 N–H and O–H groups in total. The van der Waals surface area contributed by atoms with Gasteiger partial charge in [0.2, 0.25) is 5.95 Å².